The number of hydrogen-bond donors (Lipinski definition) is 2. The zero-order chi connectivity index (χ0) is 11.1. The summed E-state index contributed by atoms with van der Waals surface area (Å²) in [6, 6.07) is 2.11. The fourth-order valence-electron chi connectivity index (χ4n) is 1.07. The second-order valence-corrected chi connectivity index (χ2v) is 4.54. The predicted molar refractivity (Wildman–Crippen MR) is 68.4 cm³/mol. The van der Waals surface area contributed by atoms with Crippen molar-refractivity contribution < 1.29 is 4.74 Å². The minimum absolute atomic E-state index is 0.667. The van der Waals surface area contributed by atoms with Crippen LogP contribution >= 0.6 is 23.6 Å². The van der Waals surface area contributed by atoms with Gasteiger partial charge in [-0.3, -0.25) is 0 Å². The monoisotopic (exact) mass is 244 g/mol. The molecule has 84 valence electrons. The molecule has 0 saturated heterocycles. The first-order valence-electron chi connectivity index (χ1n) is 4.77. The predicted octanol–water partition coefficient (Wildman–Crippen LogP) is 1.67. The average molecular weight is 244 g/mol. The molecule has 1 aromatic heterocycles. The van der Waals surface area contributed by atoms with Crippen LogP contribution in [0.3, 0.4) is 0 Å². The van der Waals surface area contributed by atoms with E-state index in [2.05, 4.69) is 29.0 Å². The zero-order valence-corrected chi connectivity index (χ0v) is 10.6. The van der Waals surface area contributed by atoms with E-state index in [9.17, 15) is 0 Å². The molecule has 0 aromatic carbocycles. The van der Waals surface area contributed by atoms with Crippen molar-refractivity contribution in [3.8, 4) is 0 Å². The van der Waals surface area contributed by atoms with E-state index in [-0.39, 0.29) is 0 Å². The van der Waals surface area contributed by atoms with Crippen LogP contribution < -0.4 is 10.6 Å². The summed E-state index contributed by atoms with van der Waals surface area (Å²) in [6.45, 7) is 4.31. The molecule has 0 spiro atoms. The summed E-state index contributed by atoms with van der Waals surface area (Å²) in [7, 11) is 1.67. The molecule has 2 N–H and O–H groups in total. The van der Waals surface area contributed by atoms with Crippen molar-refractivity contribution in [2.45, 2.75) is 13.5 Å². The molecule has 1 heterocycles. The topological polar surface area (TPSA) is 33.3 Å². The molecule has 1 aromatic rings. The molecule has 0 fully saturated rings. The molecule has 0 unspecified atom stereocenters. The number of methoxy groups -OCH3 is 1. The lowest BCUT2D eigenvalue weighted by Gasteiger charge is -2.09. The molecule has 0 aliphatic rings. The quantitative estimate of drug-likeness (QED) is 0.610. The van der Waals surface area contributed by atoms with E-state index in [0.29, 0.717) is 11.7 Å². The van der Waals surface area contributed by atoms with Gasteiger partial charge in [-0.1, -0.05) is 0 Å². The van der Waals surface area contributed by atoms with Crippen LogP contribution in [0.15, 0.2) is 11.4 Å². The van der Waals surface area contributed by atoms with E-state index in [1.54, 1.807) is 18.4 Å². The second kappa shape index (κ2) is 6.76. The van der Waals surface area contributed by atoms with Gasteiger partial charge in [-0.25, -0.2) is 0 Å². The summed E-state index contributed by atoms with van der Waals surface area (Å²) in [5.41, 5.74) is 1.31. The molecule has 1 rings (SSSR count). The summed E-state index contributed by atoms with van der Waals surface area (Å²) >= 11 is 6.86. The first-order chi connectivity index (χ1) is 7.24. The summed E-state index contributed by atoms with van der Waals surface area (Å²) in [6.07, 6.45) is 0. The van der Waals surface area contributed by atoms with Crippen molar-refractivity contribution in [3.05, 3.63) is 21.9 Å². The van der Waals surface area contributed by atoms with E-state index in [1.165, 1.54) is 10.4 Å². The number of rotatable bonds is 5. The number of nitrogens with one attached hydrogen (secondary N) is 2. The molecule has 0 amide bonds. The van der Waals surface area contributed by atoms with Gasteiger partial charge in [0.15, 0.2) is 5.11 Å². The van der Waals surface area contributed by atoms with Crippen LogP contribution in [0.5, 0.6) is 0 Å². The molecule has 15 heavy (non-hydrogen) atoms. The van der Waals surface area contributed by atoms with Gasteiger partial charge in [-0.05, 0) is 36.2 Å². The van der Waals surface area contributed by atoms with Gasteiger partial charge < -0.3 is 15.4 Å². The van der Waals surface area contributed by atoms with Gasteiger partial charge >= 0.3 is 0 Å². The van der Waals surface area contributed by atoms with Crippen LogP contribution in [-0.2, 0) is 11.3 Å². The van der Waals surface area contributed by atoms with Gasteiger partial charge in [0.1, 0.15) is 0 Å². The third kappa shape index (κ3) is 4.59. The lowest BCUT2D eigenvalue weighted by Crippen LogP contribution is -2.36. The van der Waals surface area contributed by atoms with Gasteiger partial charge in [0, 0.05) is 18.5 Å². The second-order valence-electron chi connectivity index (χ2n) is 3.13. The number of hydrogen-bond acceptors (Lipinski definition) is 3. The smallest absolute Gasteiger partial charge is 0.166 e. The summed E-state index contributed by atoms with van der Waals surface area (Å²) in [5.74, 6) is 0. The van der Waals surface area contributed by atoms with Gasteiger partial charge in [0.25, 0.3) is 0 Å². The molecule has 0 aliphatic carbocycles. The van der Waals surface area contributed by atoms with Crippen LogP contribution in [0.1, 0.15) is 10.4 Å². The van der Waals surface area contributed by atoms with Gasteiger partial charge in [0.05, 0.1) is 13.2 Å². The highest BCUT2D eigenvalue weighted by atomic mass is 32.1. The van der Waals surface area contributed by atoms with Crippen molar-refractivity contribution in [2.75, 3.05) is 20.3 Å². The van der Waals surface area contributed by atoms with Crippen molar-refractivity contribution in [2.24, 2.45) is 0 Å². The average Bonchev–Trinajstić information content (AvgIpc) is 2.61. The fraction of sp³-hybridized carbons (Fsp3) is 0.500. The Bertz CT molecular complexity index is 312. The standard InChI is InChI=1S/C10H16N2OS2/c1-8-3-6-15-9(8)7-12-10(14)11-4-5-13-2/h3,6H,4-5,7H2,1-2H3,(H2,11,12,14). The van der Waals surface area contributed by atoms with Crippen molar-refractivity contribution in [1.29, 1.82) is 0 Å². The zero-order valence-electron chi connectivity index (χ0n) is 9.00. The van der Waals surface area contributed by atoms with Crippen LogP contribution in [0.25, 0.3) is 0 Å². The van der Waals surface area contributed by atoms with Crippen molar-refractivity contribution >= 4 is 28.7 Å². The summed E-state index contributed by atoms with van der Waals surface area (Å²) in [5, 5.41) is 9.00. The summed E-state index contributed by atoms with van der Waals surface area (Å²) < 4.78 is 4.91. The molecular weight excluding hydrogens is 228 g/mol. The number of thiocarbonyl (C=S) groups is 1. The highest BCUT2D eigenvalue weighted by molar-refractivity contribution is 7.80. The Morgan fingerprint density at radius 1 is 1.53 bits per heavy atom. The first-order valence-corrected chi connectivity index (χ1v) is 6.06. The third-order valence-electron chi connectivity index (χ3n) is 1.97. The van der Waals surface area contributed by atoms with Crippen molar-refractivity contribution in [3.63, 3.8) is 0 Å². The number of ether oxygens (including phenoxy) is 1. The van der Waals surface area contributed by atoms with Crippen LogP contribution in [-0.4, -0.2) is 25.4 Å². The SMILES string of the molecule is COCCNC(=S)NCc1sccc1C. The molecule has 5 heteroatoms. The van der Waals surface area contributed by atoms with E-state index >= 15 is 0 Å². The largest absolute Gasteiger partial charge is 0.383 e. The minimum Gasteiger partial charge on any atom is -0.383 e. The molecular formula is C10H16N2OS2. The summed E-state index contributed by atoms with van der Waals surface area (Å²) in [4.78, 5) is 1.32. The Labute approximate surface area is 99.8 Å². The van der Waals surface area contributed by atoms with E-state index in [4.69, 9.17) is 17.0 Å². The molecule has 0 bridgehead atoms. The Kier molecular flexibility index (Phi) is 5.60. The fourth-order valence-corrected chi connectivity index (χ4v) is 2.09. The van der Waals surface area contributed by atoms with Gasteiger partial charge in [-0.15, -0.1) is 11.3 Å². The normalized spacial score (nSPS) is 10.0. The molecule has 0 radical (unpaired) electrons. The van der Waals surface area contributed by atoms with Crippen LogP contribution in [0.4, 0.5) is 0 Å². The number of aryl methyl sites for hydroxylation is 1. The Morgan fingerprint density at radius 3 is 2.93 bits per heavy atom. The van der Waals surface area contributed by atoms with E-state index in [0.717, 1.165) is 13.1 Å². The van der Waals surface area contributed by atoms with Crippen LogP contribution in [0, 0.1) is 6.92 Å². The van der Waals surface area contributed by atoms with Gasteiger partial charge in [-0.2, -0.15) is 0 Å². The van der Waals surface area contributed by atoms with Crippen molar-refractivity contribution in [1.82, 2.24) is 10.6 Å². The minimum atomic E-state index is 0.667. The lowest BCUT2D eigenvalue weighted by molar-refractivity contribution is 0.204. The lowest BCUT2D eigenvalue weighted by atomic mass is 10.3. The number of thiophene rings is 1. The maximum absolute atomic E-state index is 5.11. The highest BCUT2D eigenvalue weighted by Gasteiger charge is 2.00. The Balaban J connectivity index is 2.20. The Hall–Kier alpha value is -0.650. The first kappa shape index (κ1) is 12.4. The highest BCUT2D eigenvalue weighted by Crippen LogP contribution is 2.14. The van der Waals surface area contributed by atoms with E-state index < -0.39 is 0 Å². The maximum atomic E-state index is 5.11. The molecule has 3 nitrogen and oxygen atoms in total. The molecule has 0 atom stereocenters. The van der Waals surface area contributed by atoms with Gasteiger partial charge in [0.2, 0.25) is 0 Å². The van der Waals surface area contributed by atoms with Crippen LogP contribution in [0.2, 0.25) is 0 Å². The molecule has 0 saturated carbocycles. The van der Waals surface area contributed by atoms with E-state index in [1.807, 2.05) is 0 Å². The Morgan fingerprint density at radius 2 is 2.33 bits per heavy atom. The molecule has 0 aliphatic heterocycles. The maximum Gasteiger partial charge on any atom is 0.166 e. The third-order valence-corrected chi connectivity index (χ3v) is 3.28.